The summed E-state index contributed by atoms with van der Waals surface area (Å²) in [6.45, 7) is 4.18. The molecule has 0 spiro atoms. The molecule has 0 saturated heterocycles. The fourth-order valence-corrected chi connectivity index (χ4v) is 1.45. The molecule has 0 radical (unpaired) electrons. The summed E-state index contributed by atoms with van der Waals surface area (Å²) in [6, 6.07) is 2.46. The second-order valence-electron chi connectivity index (χ2n) is 4.07. The van der Waals surface area contributed by atoms with Crippen molar-refractivity contribution in [3.05, 3.63) is 23.5 Å². The van der Waals surface area contributed by atoms with Crippen molar-refractivity contribution >= 4 is 17.3 Å². The molecule has 1 unspecified atom stereocenters. The van der Waals surface area contributed by atoms with E-state index >= 15 is 0 Å². The Balaban J connectivity index is 2.93. The molecule has 0 saturated carbocycles. The second kappa shape index (κ2) is 6.94. The van der Waals surface area contributed by atoms with E-state index in [2.05, 4.69) is 5.32 Å². The SMILES string of the molecule is CCOC(=O)c1cc(NCC(C)OC)c(F)cc1N. The molecule has 1 rings (SSSR count). The highest BCUT2D eigenvalue weighted by Crippen LogP contribution is 2.23. The number of hydrogen-bond donors (Lipinski definition) is 2. The molecular weight excluding hydrogens is 251 g/mol. The fourth-order valence-electron chi connectivity index (χ4n) is 1.45. The summed E-state index contributed by atoms with van der Waals surface area (Å²) < 4.78 is 23.6. The number of esters is 1. The molecule has 0 aliphatic heterocycles. The number of halogens is 1. The lowest BCUT2D eigenvalue weighted by Gasteiger charge is -2.14. The predicted octanol–water partition coefficient (Wildman–Crippen LogP) is 2.03. The average Bonchev–Trinajstić information content (AvgIpc) is 2.37. The van der Waals surface area contributed by atoms with E-state index in [1.54, 1.807) is 14.0 Å². The molecule has 0 aromatic heterocycles. The Morgan fingerprint density at radius 2 is 2.21 bits per heavy atom. The maximum absolute atomic E-state index is 13.7. The Bertz CT molecular complexity index is 452. The minimum absolute atomic E-state index is 0.0567. The van der Waals surface area contributed by atoms with E-state index in [0.717, 1.165) is 6.07 Å². The minimum Gasteiger partial charge on any atom is -0.462 e. The molecule has 5 nitrogen and oxygen atoms in total. The lowest BCUT2D eigenvalue weighted by atomic mass is 10.1. The van der Waals surface area contributed by atoms with Gasteiger partial charge >= 0.3 is 5.97 Å². The highest BCUT2D eigenvalue weighted by Gasteiger charge is 2.15. The molecule has 0 aliphatic rings. The maximum atomic E-state index is 13.7. The van der Waals surface area contributed by atoms with Gasteiger partial charge in [0.05, 0.1) is 24.0 Å². The van der Waals surface area contributed by atoms with Crippen LogP contribution in [0.4, 0.5) is 15.8 Å². The number of nitrogen functional groups attached to an aromatic ring is 1. The first-order valence-electron chi connectivity index (χ1n) is 6.02. The summed E-state index contributed by atoms with van der Waals surface area (Å²) >= 11 is 0. The Morgan fingerprint density at radius 1 is 1.53 bits per heavy atom. The first-order chi connectivity index (χ1) is 8.99. The summed E-state index contributed by atoms with van der Waals surface area (Å²) in [4.78, 5) is 11.6. The van der Waals surface area contributed by atoms with Crippen LogP contribution in [-0.4, -0.2) is 32.3 Å². The third-order valence-electron chi connectivity index (χ3n) is 2.62. The van der Waals surface area contributed by atoms with Gasteiger partial charge in [0.2, 0.25) is 0 Å². The van der Waals surface area contributed by atoms with Crippen LogP contribution in [0, 0.1) is 5.82 Å². The number of carbonyl (C=O) groups is 1. The lowest BCUT2D eigenvalue weighted by molar-refractivity contribution is 0.0527. The van der Waals surface area contributed by atoms with E-state index in [1.807, 2.05) is 6.92 Å². The Hall–Kier alpha value is -1.82. The van der Waals surface area contributed by atoms with Crippen LogP contribution in [0.25, 0.3) is 0 Å². The molecule has 0 amide bonds. The topological polar surface area (TPSA) is 73.6 Å². The summed E-state index contributed by atoms with van der Waals surface area (Å²) in [5.41, 5.74) is 6.01. The summed E-state index contributed by atoms with van der Waals surface area (Å²) in [6.07, 6.45) is -0.0806. The summed E-state index contributed by atoms with van der Waals surface area (Å²) in [5, 5.41) is 2.86. The van der Waals surface area contributed by atoms with Crippen molar-refractivity contribution in [2.75, 3.05) is 31.3 Å². The van der Waals surface area contributed by atoms with Crippen LogP contribution in [-0.2, 0) is 9.47 Å². The van der Waals surface area contributed by atoms with Gasteiger partial charge in [0.15, 0.2) is 0 Å². The zero-order valence-corrected chi connectivity index (χ0v) is 11.3. The van der Waals surface area contributed by atoms with Crippen molar-refractivity contribution in [1.29, 1.82) is 0 Å². The van der Waals surface area contributed by atoms with Crippen molar-refractivity contribution in [2.24, 2.45) is 0 Å². The molecule has 1 aromatic rings. The van der Waals surface area contributed by atoms with E-state index in [1.165, 1.54) is 6.07 Å². The van der Waals surface area contributed by atoms with Gasteiger partial charge in [-0.05, 0) is 26.0 Å². The van der Waals surface area contributed by atoms with E-state index < -0.39 is 11.8 Å². The van der Waals surface area contributed by atoms with Crippen molar-refractivity contribution in [1.82, 2.24) is 0 Å². The summed E-state index contributed by atoms with van der Waals surface area (Å²) in [7, 11) is 1.57. The molecule has 0 heterocycles. The number of carbonyl (C=O) groups excluding carboxylic acids is 1. The van der Waals surface area contributed by atoms with Crippen LogP contribution in [0.3, 0.4) is 0 Å². The van der Waals surface area contributed by atoms with Gasteiger partial charge in [-0.2, -0.15) is 0 Å². The van der Waals surface area contributed by atoms with Crippen LogP contribution in [0.5, 0.6) is 0 Å². The predicted molar refractivity (Wildman–Crippen MR) is 71.7 cm³/mol. The van der Waals surface area contributed by atoms with Crippen LogP contribution < -0.4 is 11.1 Å². The minimum atomic E-state index is -0.567. The molecule has 0 bridgehead atoms. The highest BCUT2D eigenvalue weighted by atomic mass is 19.1. The monoisotopic (exact) mass is 270 g/mol. The number of ether oxygens (including phenoxy) is 2. The Morgan fingerprint density at radius 3 is 2.79 bits per heavy atom. The number of nitrogens with one attached hydrogen (secondary N) is 1. The van der Waals surface area contributed by atoms with E-state index in [4.69, 9.17) is 15.2 Å². The summed E-state index contributed by atoms with van der Waals surface area (Å²) in [5.74, 6) is -1.09. The van der Waals surface area contributed by atoms with Gasteiger partial charge in [0.25, 0.3) is 0 Å². The molecular formula is C13H19FN2O3. The van der Waals surface area contributed by atoms with Gasteiger partial charge in [-0.3, -0.25) is 0 Å². The van der Waals surface area contributed by atoms with Crippen LogP contribution >= 0.6 is 0 Å². The van der Waals surface area contributed by atoms with Crippen LogP contribution in [0.1, 0.15) is 24.2 Å². The highest BCUT2D eigenvalue weighted by molar-refractivity contribution is 5.96. The van der Waals surface area contributed by atoms with Crippen molar-refractivity contribution in [3.8, 4) is 0 Å². The molecule has 1 aromatic carbocycles. The second-order valence-corrected chi connectivity index (χ2v) is 4.07. The molecule has 106 valence electrons. The third-order valence-corrected chi connectivity index (χ3v) is 2.62. The smallest absolute Gasteiger partial charge is 0.340 e. The van der Waals surface area contributed by atoms with Crippen LogP contribution in [0.2, 0.25) is 0 Å². The van der Waals surface area contributed by atoms with Gasteiger partial charge in [-0.25, -0.2) is 9.18 Å². The molecule has 0 aliphatic carbocycles. The van der Waals surface area contributed by atoms with Crippen molar-refractivity contribution in [3.63, 3.8) is 0 Å². The first-order valence-corrected chi connectivity index (χ1v) is 6.02. The number of methoxy groups -OCH3 is 1. The molecule has 1 atom stereocenters. The quantitative estimate of drug-likeness (QED) is 0.611. The standard InChI is InChI=1S/C13H19FN2O3/c1-4-19-13(17)9-5-12(10(14)6-11(9)15)16-7-8(2)18-3/h5-6,8,16H,4,7,15H2,1-3H3. The van der Waals surface area contributed by atoms with Gasteiger partial charge in [-0.1, -0.05) is 0 Å². The first kappa shape index (κ1) is 15.2. The normalized spacial score (nSPS) is 12.0. The van der Waals surface area contributed by atoms with E-state index in [-0.39, 0.29) is 29.6 Å². The molecule has 0 fully saturated rings. The van der Waals surface area contributed by atoms with Crippen molar-refractivity contribution in [2.45, 2.75) is 20.0 Å². The van der Waals surface area contributed by atoms with Gasteiger partial charge in [-0.15, -0.1) is 0 Å². The van der Waals surface area contributed by atoms with Gasteiger partial charge < -0.3 is 20.5 Å². The number of rotatable bonds is 6. The number of hydrogen-bond acceptors (Lipinski definition) is 5. The molecule has 19 heavy (non-hydrogen) atoms. The third kappa shape index (κ3) is 4.10. The maximum Gasteiger partial charge on any atom is 0.340 e. The number of nitrogens with two attached hydrogens (primary N) is 1. The number of benzene rings is 1. The van der Waals surface area contributed by atoms with E-state index in [9.17, 15) is 9.18 Å². The number of anilines is 2. The van der Waals surface area contributed by atoms with E-state index in [0.29, 0.717) is 6.54 Å². The lowest BCUT2D eigenvalue weighted by Crippen LogP contribution is -2.19. The van der Waals surface area contributed by atoms with Crippen LogP contribution in [0.15, 0.2) is 12.1 Å². The van der Waals surface area contributed by atoms with Crippen molar-refractivity contribution < 1.29 is 18.7 Å². The molecule has 3 N–H and O–H groups in total. The van der Waals surface area contributed by atoms with Gasteiger partial charge in [0, 0.05) is 19.3 Å². The van der Waals surface area contributed by atoms with Gasteiger partial charge in [0.1, 0.15) is 5.82 Å². The fraction of sp³-hybridized carbons (Fsp3) is 0.462. The Labute approximate surface area is 111 Å². The Kier molecular flexibility index (Phi) is 5.57. The average molecular weight is 270 g/mol. The largest absolute Gasteiger partial charge is 0.462 e. The molecule has 6 heteroatoms. The zero-order valence-electron chi connectivity index (χ0n) is 11.3. The zero-order chi connectivity index (χ0) is 14.4.